The zero-order valence-electron chi connectivity index (χ0n) is 12.1. The monoisotopic (exact) mass is 259 g/mol. The van der Waals surface area contributed by atoms with E-state index < -0.39 is 0 Å². The zero-order chi connectivity index (χ0) is 13.9. The third kappa shape index (κ3) is 2.75. The first kappa shape index (κ1) is 13.9. The molecule has 19 heavy (non-hydrogen) atoms. The van der Waals surface area contributed by atoms with Gasteiger partial charge in [-0.25, -0.2) is 0 Å². The van der Waals surface area contributed by atoms with Crippen LogP contribution in [0, 0.1) is 0 Å². The number of amidine groups is 1. The van der Waals surface area contributed by atoms with Crippen molar-refractivity contribution in [3.05, 3.63) is 36.7 Å². The fourth-order valence-corrected chi connectivity index (χ4v) is 2.95. The van der Waals surface area contributed by atoms with E-state index in [1.165, 1.54) is 19.3 Å². The number of hydrogen-bond acceptors (Lipinski definition) is 2. The molecule has 1 aliphatic carbocycles. The third-order valence-corrected chi connectivity index (χ3v) is 3.87. The highest BCUT2D eigenvalue weighted by atomic mass is 15.2. The second-order valence-corrected chi connectivity index (χ2v) is 5.70. The average Bonchev–Trinajstić information content (AvgIpc) is 2.41. The van der Waals surface area contributed by atoms with Crippen molar-refractivity contribution in [3.63, 3.8) is 0 Å². The third-order valence-electron chi connectivity index (χ3n) is 3.87. The summed E-state index contributed by atoms with van der Waals surface area (Å²) in [7, 11) is 0. The van der Waals surface area contributed by atoms with Crippen molar-refractivity contribution >= 4 is 5.84 Å². The summed E-state index contributed by atoms with van der Waals surface area (Å²) < 4.78 is 0. The lowest BCUT2D eigenvalue weighted by atomic mass is 9.79. The summed E-state index contributed by atoms with van der Waals surface area (Å²) >= 11 is 0. The highest BCUT2D eigenvalue weighted by Gasteiger charge is 2.40. The molecule has 2 rings (SSSR count). The van der Waals surface area contributed by atoms with Crippen LogP contribution in [0.15, 0.2) is 41.7 Å². The van der Waals surface area contributed by atoms with Crippen LogP contribution < -0.4 is 10.6 Å². The van der Waals surface area contributed by atoms with E-state index in [1.54, 1.807) is 0 Å². The van der Waals surface area contributed by atoms with Gasteiger partial charge in [-0.3, -0.25) is 4.99 Å². The molecule has 0 radical (unpaired) electrons. The molecular formula is C16H25N3. The summed E-state index contributed by atoms with van der Waals surface area (Å²) in [6.45, 7) is 12.0. The van der Waals surface area contributed by atoms with Gasteiger partial charge >= 0.3 is 0 Å². The van der Waals surface area contributed by atoms with E-state index in [-0.39, 0.29) is 5.54 Å². The minimum Gasteiger partial charge on any atom is -0.371 e. The van der Waals surface area contributed by atoms with Gasteiger partial charge in [-0.05, 0) is 38.8 Å². The molecule has 0 aromatic rings. The maximum absolute atomic E-state index is 4.81. The lowest BCUT2D eigenvalue weighted by Gasteiger charge is -2.44. The van der Waals surface area contributed by atoms with Crippen LogP contribution in [-0.2, 0) is 0 Å². The topological polar surface area (TPSA) is 36.4 Å². The summed E-state index contributed by atoms with van der Waals surface area (Å²) in [5.41, 5.74) is 1.99. The summed E-state index contributed by atoms with van der Waals surface area (Å²) in [6, 6.07) is 0.291. The highest BCUT2D eigenvalue weighted by molar-refractivity contribution is 5.95. The van der Waals surface area contributed by atoms with Crippen molar-refractivity contribution in [1.82, 2.24) is 10.6 Å². The second kappa shape index (κ2) is 5.64. The number of allylic oxidation sites excluding steroid dienone is 2. The van der Waals surface area contributed by atoms with Crippen LogP contribution in [0.4, 0.5) is 0 Å². The van der Waals surface area contributed by atoms with Crippen molar-refractivity contribution < 1.29 is 0 Å². The first-order chi connectivity index (χ1) is 9.11. The molecule has 0 aromatic heterocycles. The molecule has 0 bridgehead atoms. The van der Waals surface area contributed by atoms with Crippen LogP contribution in [-0.4, -0.2) is 17.4 Å². The highest BCUT2D eigenvalue weighted by Crippen LogP contribution is 2.33. The van der Waals surface area contributed by atoms with Crippen molar-refractivity contribution in [3.8, 4) is 0 Å². The number of rotatable bonds is 3. The van der Waals surface area contributed by atoms with Gasteiger partial charge in [-0.15, -0.1) is 0 Å². The summed E-state index contributed by atoms with van der Waals surface area (Å²) in [5.74, 6) is 1.07. The molecule has 1 fully saturated rings. The van der Waals surface area contributed by atoms with Gasteiger partial charge in [0.2, 0.25) is 0 Å². The first-order valence-electron chi connectivity index (χ1n) is 7.24. The van der Waals surface area contributed by atoms with Crippen LogP contribution in [0.2, 0.25) is 0 Å². The van der Waals surface area contributed by atoms with Crippen molar-refractivity contribution in [2.75, 3.05) is 0 Å². The fourth-order valence-electron chi connectivity index (χ4n) is 2.95. The second-order valence-electron chi connectivity index (χ2n) is 5.70. The summed E-state index contributed by atoms with van der Waals surface area (Å²) in [6.07, 6.45) is 9.78. The zero-order valence-corrected chi connectivity index (χ0v) is 12.1. The van der Waals surface area contributed by atoms with Crippen LogP contribution in [0.25, 0.3) is 0 Å². The van der Waals surface area contributed by atoms with Gasteiger partial charge in [0, 0.05) is 6.04 Å². The quantitative estimate of drug-likeness (QED) is 0.816. The van der Waals surface area contributed by atoms with E-state index in [2.05, 4.69) is 37.6 Å². The predicted molar refractivity (Wildman–Crippen MR) is 82.1 cm³/mol. The van der Waals surface area contributed by atoms with Crippen molar-refractivity contribution in [1.29, 1.82) is 0 Å². The average molecular weight is 259 g/mol. The molecule has 3 nitrogen and oxygen atoms in total. The molecule has 3 heteroatoms. The van der Waals surface area contributed by atoms with E-state index in [1.807, 2.05) is 12.2 Å². The van der Waals surface area contributed by atoms with E-state index in [9.17, 15) is 0 Å². The standard InChI is InChI=1S/C16H25N3/c1-5-13-14(6-2)19-16(10-8-7-9-11-16)15(18-13)17-12(3)4/h5-6,12,19H,1-2,7-11H2,3-4H3,(H,17,18). The predicted octanol–water partition coefficient (Wildman–Crippen LogP) is 3.27. The summed E-state index contributed by atoms with van der Waals surface area (Å²) in [5, 5.41) is 7.15. The Bertz CT molecular complexity index is 423. The minimum absolute atomic E-state index is 0.0292. The maximum atomic E-state index is 4.81. The number of nitrogens with zero attached hydrogens (tertiary/aromatic N) is 1. The van der Waals surface area contributed by atoms with Gasteiger partial charge < -0.3 is 10.6 Å². The lowest BCUT2D eigenvalue weighted by Crippen LogP contribution is -2.61. The number of aliphatic imine (C=N–C) groups is 1. The van der Waals surface area contributed by atoms with E-state index in [4.69, 9.17) is 4.99 Å². The Morgan fingerprint density at radius 3 is 2.26 bits per heavy atom. The molecule has 1 heterocycles. The Hall–Kier alpha value is -1.51. The lowest BCUT2D eigenvalue weighted by molar-refractivity contribution is 0.322. The molecule has 0 unspecified atom stereocenters. The van der Waals surface area contributed by atoms with Gasteiger partial charge in [0.05, 0.1) is 16.9 Å². The molecule has 0 aromatic carbocycles. The Balaban J connectivity index is 2.41. The van der Waals surface area contributed by atoms with Crippen molar-refractivity contribution in [2.24, 2.45) is 4.99 Å². The van der Waals surface area contributed by atoms with Crippen LogP contribution >= 0.6 is 0 Å². The molecular weight excluding hydrogens is 234 g/mol. The Kier molecular flexibility index (Phi) is 4.13. The van der Waals surface area contributed by atoms with E-state index in [0.717, 1.165) is 30.1 Å². The SMILES string of the molecule is C=CC1=C(C=C)NC2(CCCCC2)C(=NC(C)C)N1. The fraction of sp³-hybridized carbons (Fsp3) is 0.562. The molecule has 0 amide bonds. The molecule has 2 aliphatic rings. The molecule has 0 atom stereocenters. The first-order valence-corrected chi connectivity index (χ1v) is 7.24. The number of nitrogens with one attached hydrogen (secondary N) is 2. The normalized spacial score (nSPS) is 24.3. The molecule has 1 saturated carbocycles. The van der Waals surface area contributed by atoms with Gasteiger partial charge in [0.15, 0.2) is 0 Å². The van der Waals surface area contributed by atoms with Crippen LogP contribution in [0.1, 0.15) is 46.0 Å². The van der Waals surface area contributed by atoms with E-state index in [0.29, 0.717) is 6.04 Å². The summed E-state index contributed by atoms with van der Waals surface area (Å²) in [4.78, 5) is 4.81. The Labute approximate surface area is 116 Å². The van der Waals surface area contributed by atoms with Gasteiger partial charge in [-0.2, -0.15) is 0 Å². The van der Waals surface area contributed by atoms with Gasteiger partial charge in [-0.1, -0.05) is 32.4 Å². The van der Waals surface area contributed by atoms with Gasteiger partial charge in [0.1, 0.15) is 5.84 Å². The van der Waals surface area contributed by atoms with Crippen LogP contribution in [0.5, 0.6) is 0 Å². The minimum atomic E-state index is -0.0292. The molecule has 1 aliphatic heterocycles. The van der Waals surface area contributed by atoms with E-state index >= 15 is 0 Å². The van der Waals surface area contributed by atoms with Gasteiger partial charge in [0.25, 0.3) is 0 Å². The Morgan fingerprint density at radius 2 is 1.74 bits per heavy atom. The van der Waals surface area contributed by atoms with Crippen LogP contribution in [0.3, 0.4) is 0 Å². The molecule has 2 N–H and O–H groups in total. The maximum Gasteiger partial charge on any atom is 0.127 e. The molecule has 104 valence electrons. The molecule has 0 saturated heterocycles. The van der Waals surface area contributed by atoms with Crippen molar-refractivity contribution in [2.45, 2.75) is 57.5 Å². The number of hydrogen-bond donors (Lipinski definition) is 2. The largest absolute Gasteiger partial charge is 0.371 e. The smallest absolute Gasteiger partial charge is 0.127 e. The Morgan fingerprint density at radius 1 is 1.11 bits per heavy atom. The molecule has 1 spiro atoms.